The lowest BCUT2D eigenvalue weighted by Crippen LogP contribution is -2.13. The maximum atomic E-state index is 12.5. The molecular formula is C20H19N4O4S. The highest BCUT2D eigenvalue weighted by Crippen LogP contribution is 2.24. The van der Waals surface area contributed by atoms with E-state index in [4.69, 9.17) is 4.74 Å². The third-order valence-electron chi connectivity index (χ3n) is 3.73. The van der Waals surface area contributed by atoms with Crippen LogP contribution in [0.15, 0.2) is 82.1 Å². The molecule has 0 bridgehead atoms. The Labute approximate surface area is 169 Å². The quantitative estimate of drug-likeness (QED) is 0.434. The molecule has 1 heterocycles. The van der Waals surface area contributed by atoms with E-state index < -0.39 is 10.0 Å². The number of aryl methyl sites for hydroxylation is 1. The second-order valence-electron chi connectivity index (χ2n) is 6.13. The van der Waals surface area contributed by atoms with Crippen LogP contribution in [-0.2, 0) is 15.1 Å². The summed E-state index contributed by atoms with van der Waals surface area (Å²) in [6.07, 6.45) is 3.26. The minimum absolute atomic E-state index is 0.0921. The van der Waals surface area contributed by atoms with Crippen molar-refractivity contribution in [1.29, 1.82) is 0 Å². The van der Waals surface area contributed by atoms with Crippen LogP contribution in [0.1, 0.15) is 5.56 Å². The lowest BCUT2D eigenvalue weighted by atomic mass is 10.2. The third-order valence-corrected chi connectivity index (χ3v) is 5.11. The molecule has 0 saturated carbocycles. The number of sulfonamides is 1. The molecule has 1 N–H and O–H groups in total. The average Bonchev–Trinajstić information content (AvgIpc) is 2.68. The lowest BCUT2D eigenvalue weighted by molar-refractivity contribution is 0.326. The minimum Gasteiger partial charge on any atom is -0.492 e. The smallest absolute Gasteiger partial charge is 0.262 e. The highest BCUT2D eigenvalue weighted by atomic mass is 32.2. The zero-order chi connectivity index (χ0) is 20.7. The van der Waals surface area contributed by atoms with Gasteiger partial charge in [0.15, 0.2) is 5.75 Å². The lowest BCUT2D eigenvalue weighted by Gasteiger charge is -2.11. The molecule has 1 aromatic heterocycles. The minimum atomic E-state index is -3.87. The fraction of sp³-hybridized carbons (Fsp3) is 0.150. The van der Waals surface area contributed by atoms with Crippen molar-refractivity contribution in [1.82, 2.24) is 4.98 Å². The summed E-state index contributed by atoms with van der Waals surface area (Å²) in [6, 6.07) is 13.7. The van der Waals surface area contributed by atoms with E-state index in [1.54, 1.807) is 42.7 Å². The summed E-state index contributed by atoms with van der Waals surface area (Å²) in [5.74, 6) is 0.126. The van der Waals surface area contributed by atoms with Gasteiger partial charge in [-0.3, -0.25) is 14.8 Å². The van der Waals surface area contributed by atoms with Gasteiger partial charge in [-0.25, -0.2) is 8.42 Å². The SMILES string of the molecule is Cc1cc(NS(=O)(=O)c2cccc([O])c2)cc(OCCN=Nc2ccncc2)c1. The van der Waals surface area contributed by atoms with Crippen molar-refractivity contribution in [3.05, 3.63) is 72.6 Å². The van der Waals surface area contributed by atoms with E-state index in [0.717, 1.165) is 11.6 Å². The molecular weight excluding hydrogens is 392 g/mol. The van der Waals surface area contributed by atoms with Crippen molar-refractivity contribution in [3.8, 4) is 11.5 Å². The van der Waals surface area contributed by atoms with Gasteiger partial charge in [0.2, 0.25) is 0 Å². The van der Waals surface area contributed by atoms with Crippen LogP contribution >= 0.6 is 0 Å². The Hall–Kier alpha value is -3.46. The normalized spacial score (nSPS) is 11.5. The number of aromatic nitrogens is 1. The highest BCUT2D eigenvalue weighted by molar-refractivity contribution is 7.92. The number of hydrogen-bond acceptors (Lipinski definition) is 6. The Morgan fingerprint density at radius 1 is 1.07 bits per heavy atom. The zero-order valence-corrected chi connectivity index (χ0v) is 16.5. The van der Waals surface area contributed by atoms with E-state index in [1.165, 1.54) is 18.2 Å². The standard InChI is InChI=1S/C20H19N4O4S/c1-15-11-17(24-29(26,27)20-4-2-3-18(25)14-20)13-19(12-15)28-10-9-22-23-16-5-7-21-8-6-16/h2-8,11-14,24H,9-10H2,1H3. The fourth-order valence-corrected chi connectivity index (χ4v) is 3.57. The third kappa shape index (κ3) is 6.01. The molecule has 0 spiro atoms. The molecule has 2 aromatic carbocycles. The molecule has 29 heavy (non-hydrogen) atoms. The van der Waals surface area contributed by atoms with Gasteiger partial charge >= 0.3 is 0 Å². The first kappa shape index (κ1) is 20.3. The number of benzene rings is 2. The van der Waals surface area contributed by atoms with Crippen molar-refractivity contribution >= 4 is 21.4 Å². The number of azo groups is 1. The molecule has 0 fully saturated rings. The topological polar surface area (TPSA) is 113 Å². The molecule has 0 saturated heterocycles. The first-order chi connectivity index (χ1) is 13.9. The summed E-state index contributed by atoms with van der Waals surface area (Å²) in [7, 11) is -3.87. The maximum Gasteiger partial charge on any atom is 0.262 e. The summed E-state index contributed by atoms with van der Waals surface area (Å²) in [4.78, 5) is 3.81. The number of rotatable bonds is 8. The second-order valence-corrected chi connectivity index (χ2v) is 7.82. The Morgan fingerprint density at radius 3 is 2.62 bits per heavy atom. The van der Waals surface area contributed by atoms with E-state index in [-0.39, 0.29) is 17.3 Å². The van der Waals surface area contributed by atoms with Crippen LogP contribution in [0.5, 0.6) is 11.5 Å². The number of ether oxygens (including phenoxy) is 1. The van der Waals surface area contributed by atoms with Crippen molar-refractivity contribution in [2.24, 2.45) is 10.2 Å². The van der Waals surface area contributed by atoms with Crippen molar-refractivity contribution < 1.29 is 18.3 Å². The van der Waals surface area contributed by atoms with Crippen LogP contribution in [0.25, 0.3) is 0 Å². The molecule has 1 radical (unpaired) electrons. The number of hydrogen-bond donors (Lipinski definition) is 1. The van der Waals surface area contributed by atoms with Gasteiger partial charge in [0.05, 0.1) is 22.8 Å². The summed E-state index contributed by atoms with van der Waals surface area (Å²) >= 11 is 0. The number of anilines is 1. The van der Waals surface area contributed by atoms with Gasteiger partial charge in [0.25, 0.3) is 10.0 Å². The van der Waals surface area contributed by atoms with Gasteiger partial charge < -0.3 is 4.74 Å². The van der Waals surface area contributed by atoms with Crippen LogP contribution in [-0.4, -0.2) is 26.6 Å². The second kappa shape index (κ2) is 9.16. The van der Waals surface area contributed by atoms with Gasteiger partial charge in [0, 0.05) is 24.5 Å². The van der Waals surface area contributed by atoms with E-state index in [9.17, 15) is 13.5 Å². The summed E-state index contributed by atoms with van der Waals surface area (Å²) in [5, 5.41) is 19.5. The average molecular weight is 411 g/mol. The number of pyridine rings is 1. The molecule has 9 heteroatoms. The van der Waals surface area contributed by atoms with E-state index in [2.05, 4.69) is 19.9 Å². The molecule has 0 unspecified atom stereocenters. The first-order valence-corrected chi connectivity index (χ1v) is 10.2. The van der Waals surface area contributed by atoms with E-state index in [1.807, 2.05) is 6.92 Å². The van der Waals surface area contributed by atoms with E-state index in [0.29, 0.717) is 23.7 Å². The Bertz CT molecular complexity index is 1100. The van der Waals surface area contributed by atoms with Crippen molar-refractivity contribution in [3.63, 3.8) is 0 Å². The fourth-order valence-electron chi connectivity index (χ4n) is 2.49. The predicted molar refractivity (Wildman–Crippen MR) is 108 cm³/mol. The molecule has 3 aromatic rings. The largest absolute Gasteiger partial charge is 0.492 e. The molecule has 149 valence electrons. The molecule has 0 amide bonds. The summed E-state index contributed by atoms with van der Waals surface area (Å²) in [5.41, 5.74) is 1.86. The van der Waals surface area contributed by atoms with Crippen LogP contribution in [0.3, 0.4) is 0 Å². The van der Waals surface area contributed by atoms with Gasteiger partial charge in [0.1, 0.15) is 12.4 Å². The monoisotopic (exact) mass is 411 g/mol. The van der Waals surface area contributed by atoms with E-state index >= 15 is 0 Å². The van der Waals surface area contributed by atoms with Gasteiger partial charge in [-0.05, 0) is 48.9 Å². The molecule has 3 rings (SSSR count). The van der Waals surface area contributed by atoms with Crippen LogP contribution in [0.2, 0.25) is 0 Å². The van der Waals surface area contributed by atoms with Crippen LogP contribution in [0, 0.1) is 6.92 Å². The Balaban J connectivity index is 1.63. The molecule has 0 aliphatic carbocycles. The molecule has 0 aliphatic heterocycles. The first-order valence-electron chi connectivity index (χ1n) is 8.74. The highest BCUT2D eigenvalue weighted by Gasteiger charge is 2.15. The molecule has 8 nitrogen and oxygen atoms in total. The predicted octanol–water partition coefficient (Wildman–Crippen LogP) is 4.50. The van der Waals surface area contributed by atoms with Crippen LogP contribution in [0.4, 0.5) is 11.4 Å². The number of nitrogens with zero attached hydrogens (tertiary/aromatic N) is 3. The van der Waals surface area contributed by atoms with Gasteiger partial charge in [-0.2, -0.15) is 10.2 Å². The molecule has 0 atom stereocenters. The van der Waals surface area contributed by atoms with Gasteiger partial charge in [-0.1, -0.05) is 6.07 Å². The van der Waals surface area contributed by atoms with Crippen molar-refractivity contribution in [2.45, 2.75) is 11.8 Å². The number of nitrogens with one attached hydrogen (secondary N) is 1. The Kier molecular flexibility index (Phi) is 6.40. The summed E-state index contributed by atoms with van der Waals surface area (Å²) in [6.45, 7) is 2.45. The Morgan fingerprint density at radius 2 is 1.86 bits per heavy atom. The summed E-state index contributed by atoms with van der Waals surface area (Å²) < 4.78 is 33.1. The maximum absolute atomic E-state index is 12.5. The van der Waals surface area contributed by atoms with Crippen molar-refractivity contribution in [2.75, 3.05) is 17.9 Å². The molecule has 0 aliphatic rings. The van der Waals surface area contributed by atoms with Crippen LogP contribution < -0.4 is 9.46 Å². The zero-order valence-electron chi connectivity index (χ0n) is 15.6. The van der Waals surface area contributed by atoms with Gasteiger partial charge in [-0.15, -0.1) is 0 Å².